The van der Waals surface area contributed by atoms with Gasteiger partial charge < -0.3 is 0 Å². The van der Waals surface area contributed by atoms with E-state index in [1.54, 1.807) is 0 Å². The van der Waals surface area contributed by atoms with E-state index in [9.17, 15) is 4.79 Å². The third-order valence-electron chi connectivity index (χ3n) is 2.70. The average molecular weight is 189 g/mol. The van der Waals surface area contributed by atoms with Crippen LogP contribution in [0.25, 0.3) is 0 Å². The van der Waals surface area contributed by atoms with E-state index in [1.165, 1.54) is 0 Å². The Kier molecular flexibility index (Phi) is 2.36. The summed E-state index contributed by atoms with van der Waals surface area (Å²) in [6, 6.07) is 0. The van der Waals surface area contributed by atoms with Gasteiger partial charge in [0.1, 0.15) is 0 Å². The van der Waals surface area contributed by atoms with Crippen molar-refractivity contribution in [2.24, 2.45) is 10.9 Å². The van der Waals surface area contributed by atoms with Crippen molar-refractivity contribution < 1.29 is 4.79 Å². The topological polar surface area (TPSA) is 29.4 Å². The highest BCUT2D eigenvalue weighted by atomic mass is 16.1. The lowest BCUT2D eigenvalue weighted by molar-refractivity contribution is -0.115. The number of Topliss-reactive ketones (excluding diaryl/α,β-unsaturated/α-hetero) is 1. The van der Waals surface area contributed by atoms with E-state index >= 15 is 0 Å². The van der Waals surface area contributed by atoms with Crippen molar-refractivity contribution >= 4 is 11.5 Å². The van der Waals surface area contributed by atoms with Crippen LogP contribution < -0.4 is 0 Å². The molecule has 0 fully saturated rings. The molecule has 14 heavy (non-hydrogen) atoms. The largest absolute Gasteiger partial charge is 0.294 e. The Hall–Kier alpha value is -1.18. The second-order valence-corrected chi connectivity index (χ2v) is 4.05. The summed E-state index contributed by atoms with van der Waals surface area (Å²) in [6.07, 6.45) is 5.75. The van der Waals surface area contributed by atoms with E-state index in [2.05, 4.69) is 18.0 Å². The Labute approximate surface area is 84.4 Å². The Morgan fingerprint density at radius 2 is 2.21 bits per heavy atom. The first kappa shape index (κ1) is 9.38. The van der Waals surface area contributed by atoms with Crippen molar-refractivity contribution in [2.45, 2.75) is 26.7 Å². The molecule has 0 radical (unpaired) electrons. The number of aliphatic imine (C=N–C) groups is 1. The zero-order chi connectivity index (χ0) is 10.1. The van der Waals surface area contributed by atoms with Crippen LogP contribution in [-0.4, -0.2) is 18.0 Å². The standard InChI is InChI=1S/C12H15NO/c1-8-6-9(2)12-10(7-8)11(14)4-3-5-13-12/h6-8H,3-5H2,1-2H3. The first-order valence-corrected chi connectivity index (χ1v) is 5.17. The highest BCUT2D eigenvalue weighted by Crippen LogP contribution is 2.23. The van der Waals surface area contributed by atoms with Crippen molar-refractivity contribution in [1.82, 2.24) is 0 Å². The summed E-state index contributed by atoms with van der Waals surface area (Å²) in [4.78, 5) is 16.2. The minimum Gasteiger partial charge on any atom is -0.294 e. The third kappa shape index (κ3) is 1.57. The highest BCUT2D eigenvalue weighted by molar-refractivity contribution is 6.29. The molecule has 1 aliphatic carbocycles. The summed E-state index contributed by atoms with van der Waals surface area (Å²) in [7, 11) is 0. The summed E-state index contributed by atoms with van der Waals surface area (Å²) in [5.74, 6) is 0.631. The van der Waals surface area contributed by atoms with Gasteiger partial charge in [0.25, 0.3) is 0 Å². The van der Waals surface area contributed by atoms with Crippen molar-refractivity contribution in [3.05, 3.63) is 23.3 Å². The number of hydrogen-bond donors (Lipinski definition) is 0. The first-order valence-electron chi connectivity index (χ1n) is 5.17. The number of hydrogen-bond acceptors (Lipinski definition) is 2. The molecule has 1 aliphatic heterocycles. The van der Waals surface area contributed by atoms with E-state index < -0.39 is 0 Å². The van der Waals surface area contributed by atoms with Gasteiger partial charge in [-0.2, -0.15) is 0 Å². The predicted molar refractivity (Wildman–Crippen MR) is 57.5 cm³/mol. The van der Waals surface area contributed by atoms with Crippen molar-refractivity contribution in [2.75, 3.05) is 6.54 Å². The SMILES string of the molecule is CC1=CC(C)C=C2C(=O)CCCN=C12. The number of carbonyl (C=O) groups excluding carboxylic acids is 1. The smallest absolute Gasteiger partial charge is 0.164 e. The molecule has 2 rings (SSSR count). The second kappa shape index (κ2) is 3.52. The van der Waals surface area contributed by atoms with Crippen molar-refractivity contribution in [3.63, 3.8) is 0 Å². The molecule has 1 atom stereocenters. The molecule has 0 amide bonds. The Morgan fingerprint density at radius 3 is 3.00 bits per heavy atom. The van der Waals surface area contributed by atoms with Crippen molar-refractivity contribution in [1.29, 1.82) is 0 Å². The van der Waals surface area contributed by atoms with Gasteiger partial charge >= 0.3 is 0 Å². The first-order chi connectivity index (χ1) is 6.68. The number of rotatable bonds is 0. The summed E-state index contributed by atoms with van der Waals surface area (Å²) in [6.45, 7) is 4.93. The molecule has 2 nitrogen and oxygen atoms in total. The van der Waals surface area contributed by atoms with Crippen molar-refractivity contribution in [3.8, 4) is 0 Å². The number of allylic oxidation sites excluding steroid dienone is 4. The number of fused-ring (bicyclic) bond motifs is 1. The van der Waals surface area contributed by atoms with E-state index in [1.807, 2.05) is 13.0 Å². The van der Waals surface area contributed by atoms with Gasteiger partial charge in [-0.15, -0.1) is 0 Å². The van der Waals surface area contributed by atoms with Crippen LogP contribution in [0.15, 0.2) is 28.3 Å². The van der Waals surface area contributed by atoms with Gasteiger partial charge in [-0.3, -0.25) is 9.79 Å². The zero-order valence-corrected chi connectivity index (χ0v) is 8.71. The molecule has 74 valence electrons. The quantitative estimate of drug-likeness (QED) is 0.575. The van der Waals surface area contributed by atoms with Gasteiger partial charge in [0.05, 0.1) is 5.71 Å². The van der Waals surface area contributed by atoms with Crippen LogP contribution in [0.3, 0.4) is 0 Å². The molecule has 2 aliphatic rings. The molecule has 0 aromatic rings. The van der Waals surface area contributed by atoms with E-state index in [-0.39, 0.29) is 5.78 Å². The Balaban J connectivity index is 2.45. The van der Waals surface area contributed by atoms with Gasteiger partial charge in [-0.1, -0.05) is 19.1 Å². The number of nitrogens with zero attached hydrogens (tertiary/aromatic N) is 1. The fraction of sp³-hybridized carbons (Fsp3) is 0.500. The fourth-order valence-corrected chi connectivity index (χ4v) is 2.08. The lowest BCUT2D eigenvalue weighted by Crippen LogP contribution is -2.17. The third-order valence-corrected chi connectivity index (χ3v) is 2.70. The normalized spacial score (nSPS) is 27.1. The maximum Gasteiger partial charge on any atom is 0.164 e. The molecule has 0 aromatic heterocycles. The minimum absolute atomic E-state index is 0.264. The maximum atomic E-state index is 11.8. The summed E-state index contributed by atoms with van der Waals surface area (Å²) >= 11 is 0. The van der Waals surface area contributed by atoms with Crippen LogP contribution in [0.5, 0.6) is 0 Å². The van der Waals surface area contributed by atoms with Crippen LogP contribution in [0.1, 0.15) is 26.7 Å². The highest BCUT2D eigenvalue weighted by Gasteiger charge is 2.23. The molecule has 1 unspecified atom stereocenters. The molecule has 0 spiro atoms. The molecule has 0 saturated carbocycles. The summed E-state index contributed by atoms with van der Waals surface area (Å²) < 4.78 is 0. The Morgan fingerprint density at radius 1 is 1.43 bits per heavy atom. The van der Waals surface area contributed by atoms with Crippen LogP contribution in [0.2, 0.25) is 0 Å². The lowest BCUT2D eigenvalue weighted by Gasteiger charge is -2.16. The number of ketones is 1. The zero-order valence-electron chi connectivity index (χ0n) is 8.71. The van der Waals surface area contributed by atoms with Crippen LogP contribution in [0.4, 0.5) is 0 Å². The van der Waals surface area contributed by atoms with Gasteiger partial charge in [0, 0.05) is 18.5 Å². The molecule has 0 aromatic carbocycles. The maximum absolute atomic E-state index is 11.8. The minimum atomic E-state index is 0.264. The Bertz CT molecular complexity index is 361. The number of carbonyl (C=O) groups is 1. The monoisotopic (exact) mass is 189 g/mol. The van der Waals surface area contributed by atoms with Gasteiger partial charge in [-0.25, -0.2) is 0 Å². The molecular weight excluding hydrogens is 174 g/mol. The van der Waals surface area contributed by atoms with Gasteiger partial charge in [0.2, 0.25) is 0 Å². The lowest BCUT2D eigenvalue weighted by atomic mass is 9.88. The molecule has 0 saturated heterocycles. The second-order valence-electron chi connectivity index (χ2n) is 4.05. The van der Waals surface area contributed by atoms with Crippen LogP contribution >= 0.6 is 0 Å². The van der Waals surface area contributed by atoms with E-state index in [0.717, 1.165) is 29.8 Å². The fourth-order valence-electron chi connectivity index (χ4n) is 2.08. The van der Waals surface area contributed by atoms with E-state index in [4.69, 9.17) is 0 Å². The molecule has 1 heterocycles. The summed E-state index contributed by atoms with van der Waals surface area (Å²) in [5.41, 5.74) is 2.95. The molecule has 2 heteroatoms. The van der Waals surface area contributed by atoms with Crippen LogP contribution in [-0.2, 0) is 4.79 Å². The van der Waals surface area contributed by atoms with Gasteiger partial charge in [0.15, 0.2) is 5.78 Å². The molecule has 0 bridgehead atoms. The van der Waals surface area contributed by atoms with E-state index in [0.29, 0.717) is 12.3 Å². The molecular formula is C12H15NO. The predicted octanol–water partition coefficient (Wildman–Crippen LogP) is 2.31. The van der Waals surface area contributed by atoms with Gasteiger partial charge in [-0.05, 0) is 24.8 Å². The summed E-state index contributed by atoms with van der Waals surface area (Å²) in [5, 5.41) is 0. The average Bonchev–Trinajstić information content (AvgIpc) is 2.29. The molecule has 0 N–H and O–H groups in total. The van der Waals surface area contributed by atoms with Crippen LogP contribution in [0, 0.1) is 5.92 Å².